The number of carbonyl (C=O) groups excluding carboxylic acids is 1. The number of amides is 1. The van der Waals surface area contributed by atoms with E-state index >= 15 is 0 Å². The Morgan fingerprint density at radius 3 is 2.52 bits per heavy atom. The van der Waals surface area contributed by atoms with Gasteiger partial charge >= 0.3 is 0 Å². The first-order chi connectivity index (χ1) is 13.9. The molecule has 1 aliphatic rings. The van der Waals surface area contributed by atoms with E-state index in [0.717, 1.165) is 19.3 Å². The summed E-state index contributed by atoms with van der Waals surface area (Å²) in [4.78, 5) is 12.8. The zero-order valence-electron chi connectivity index (χ0n) is 16.9. The quantitative estimate of drug-likeness (QED) is 0.709. The minimum atomic E-state index is -3.76. The van der Waals surface area contributed by atoms with Gasteiger partial charge < -0.3 is 10.1 Å². The first-order valence-electron chi connectivity index (χ1n) is 10.1. The maximum absolute atomic E-state index is 12.7. The average molecular weight is 417 g/mol. The number of benzene rings is 2. The molecule has 0 bridgehead atoms. The third-order valence-corrected chi connectivity index (χ3v) is 6.65. The molecule has 0 saturated heterocycles. The number of carbonyl (C=O) groups is 1. The van der Waals surface area contributed by atoms with E-state index in [4.69, 9.17) is 4.74 Å². The summed E-state index contributed by atoms with van der Waals surface area (Å²) < 4.78 is 33.2. The minimum absolute atomic E-state index is 0.131. The van der Waals surface area contributed by atoms with Crippen molar-refractivity contribution in [3.8, 4) is 5.75 Å². The number of sulfonamides is 1. The van der Waals surface area contributed by atoms with Gasteiger partial charge in [0.25, 0.3) is 15.9 Å². The normalized spacial score (nSPS) is 19.4. The molecule has 1 fully saturated rings. The SMILES string of the molecule is CCOc1ccc(S(=O)(=O)Nc2cccc(C(=O)N[C@@H]3CCCC[C@H]3C)c2)cc1. The molecule has 0 aromatic heterocycles. The van der Waals surface area contributed by atoms with Gasteiger partial charge in [-0.15, -0.1) is 0 Å². The first kappa shape index (κ1) is 21.2. The molecule has 1 saturated carbocycles. The summed E-state index contributed by atoms with van der Waals surface area (Å²) in [5.41, 5.74) is 0.790. The number of anilines is 1. The molecule has 29 heavy (non-hydrogen) atoms. The predicted octanol–water partition coefficient (Wildman–Crippen LogP) is 4.19. The molecule has 0 aliphatic heterocycles. The van der Waals surface area contributed by atoms with Crippen LogP contribution in [0.5, 0.6) is 5.75 Å². The van der Waals surface area contributed by atoms with Crippen molar-refractivity contribution in [1.82, 2.24) is 5.32 Å². The van der Waals surface area contributed by atoms with Crippen LogP contribution in [0.3, 0.4) is 0 Å². The fourth-order valence-electron chi connectivity index (χ4n) is 3.60. The lowest BCUT2D eigenvalue weighted by Crippen LogP contribution is -2.41. The van der Waals surface area contributed by atoms with Crippen LogP contribution in [0.2, 0.25) is 0 Å². The summed E-state index contributed by atoms with van der Waals surface area (Å²) in [6.45, 7) is 4.54. The summed E-state index contributed by atoms with van der Waals surface area (Å²) in [6.07, 6.45) is 4.43. The molecule has 0 unspecified atom stereocenters. The van der Waals surface area contributed by atoms with E-state index in [1.165, 1.54) is 18.6 Å². The Bertz CT molecular complexity index is 942. The monoisotopic (exact) mass is 416 g/mol. The van der Waals surface area contributed by atoms with Gasteiger partial charge in [0.05, 0.1) is 11.5 Å². The van der Waals surface area contributed by atoms with E-state index < -0.39 is 10.0 Å². The third kappa shape index (κ3) is 5.50. The van der Waals surface area contributed by atoms with Crippen LogP contribution in [0.1, 0.15) is 49.9 Å². The van der Waals surface area contributed by atoms with Crippen LogP contribution in [0, 0.1) is 5.92 Å². The molecule has 7 heteroatoms. The maximum Gasteiger partial charge on any atom is 0.261 e. The highest BCUT2D eigenvalue weighted by atomic mass is 32.2. The molecular formula is C22H28N2O4S. The molecular weight excluding hydrogens is 388 g/mol. The Morgan fingerprint density at radius 2 is 1.83 bits per heavy atom. The Hall–Kier alpha value is -2.54. The molecule has 0 heterocycles. The third-order valence-electron chi connectivity index (χ3n) is 5.25. The molecule has 2 aromatic carbocycles. The summed E-state index contributed by atoms with van der Waals surface area (Å²) >= 11 is 0. The number of nitrogens with one attached hydrogen (secondary N) is 2. The zero-order valence-corrected chi connectivity index (χ0v) is 17.7. The minimum Gasteiger partial charge on any atom is -0.494 e. The largest absolute Gasteiger partial charge is 0.494 e. The molecule has 1 amide bonds. The van der Waals surface area contributed by atoms with Crippen LogP contribution >= 0.6 is 0 Å². The zero-order chi connectivity index (χ0) is 20.9. The van der Waals surface area contributed by atoms with Crippen molar-refractivity contribution in [3.05, 3.63) is 54.1 Å². The Labute approximate surface area is 172 Å². The van der Waals surface area contributed by atoms with Crippen molar-refractivity contribution in [1.29, 1.82) is 0 Å². The number of rotatable bonds is 7. The van der Waals surface area contributed by atoms with Crippen LogP contribution in [0.4, 0.5) is 5.69 Å². The molecule has 6 nitrogen and oxygen atoms in total. The van der Waals surface area contributed by atoms with Gasteiger partial charge in [0, 0.05) is 17.3 Å². The topological polar surface area (TPSA) is 84.5 Å². The van der Waals surface area contributed by atoms with E-state index in [-0.39, 0.29) is 16.8 Å². The van der Waals surface area contributed by atoms with Gasteiger partial charge in [-0.05, 0) is 68.1 Å². The maximum atomic E-state index is 12.7. The van der Waals surface area contributed by atoms with E-state index in [1.54, 1.807) is 36.4 Å². The summed E-state index contributed by atoms with van der Waals surface area (Å²) in [7, 11) is -3.76. The summed E-state index contributed by atoms with van der Waals surface area (Å²) in [6, 6.07) is 13.0. The van der Waals surface area contributed by atoms with Gasteiger partial charge in [0.2, 0.25) is 0 Å². The number of ether oxygens (including phenoxy) is 1. The van der Waals surface area contributed by atoms with Crippen molar-refractivity contribution in [2.45, 2.75) is 50.5 Å². The van der Waals surface area contributed by atoms with Gasteiger partial charge in [-0.25, -0.2) is 8.42 Å². The van der Waals surface area contributed by atoms with Gasteiger partial charge in [0.15, 0.2) is 0 Å². The Balaban J connectivity index is 1.70. The number of hydrogen-bond acceptors (Lipinski definition) is 4. The van der Waals surface area contributed by atoms with Crippen molar-refractivity contribution >= 4 is 21.6 Å². The lowest BCUT2D eigenvalue weighted by atomic mass is 9.86. The molecule has 2 aromatic rings. The van der Waals surface area contributed by atoms with Crippen LogP contribution < -0.4 is 14.8 Å². The summed E-state index contributed by atoms with van der Waals surface area (Å²) in [5, 5.41) is 3.09. The number of hydrogen-bond donors (Lipinski definition) is 2. The second-order valence-corrected chi connectivity index (χ2v) is 9.11. The molecule has 0 spiro atoms. The van der Waals surface area contributed by atoms with Crippen molar-refractivity contribution in [2.75, 3.05) is 11.3 Å². The molecule has 156 valence electrons. The molecule has 3 rings (SSSR count). The second-order valence-electron chi connectivity index (χ2n) is 7.43. The van der Waals surface area contributed by atoms with Gasteiger partial charge in [-0.2, -0.15) is 0 Å². The van der Waals surface area contributed by atoms with Gasteiger partial charge in [-0.3, -0.25) is 9.52 Å². The summed E-state index contributed by atoms with van der Waals surface area (Å²) in [5.74, 6) is 0.891. The van der Waals surface area contributed by atoms with Gasteiger partial charge in [0.1, 0.15) is 5.75 Å². The van der Waals surface area contributed by atoms with Crippen LogP contribution in [0.15, 0.2) is 53.4 Å². The van der Waals surface area contributed by atoms with Gasteiger partial charge in [-0.1, -0.05) is 25.8 Å². The molecule has 2 N–H and O–H groups in total. The highest BCUT2D eigenvalue weighted by molar-refractivity contribution is 7.92. The molecule has 2 atom stereocenters. The van der Waals surface area contributed by atoms with Crippen LogP contribution in [-0.4, -0.2) is 27.0 Å². The second kappa shape index (κ2) is 9.31. The van der Waals surface area contributed by atoms with E-state index in [2.05, 4.69) is 17.0 Å². The average Bonchev–Trinajstić information content (AvgIpc) is 2.70. The molecule has 1 aliphatic carbocycles. The van der Waals surface area contributed by atoms with E-state index in [9.17, 15) is 13.2 Å². The highest BCUT2D eigenvalue weighted by Gasteiger charge is 2.23. The fourth-order valence-corrected chi connectivity index (χ4v) is 4.65. The van der Waals surface area contributed by atoms with Crippen molar-refractivity contribution < 1.29 is 17.9 Å². The molecule has 0 radical (unpaired) electrons. The first-order valence-corrected chi connectivity index (χ1v) is 11.5. The lowest BCUT2D eigenvalue weighted by Gasteiger charge is -2.29. The van der Waals surface area contributed by atoms with Crippen LogP contribution in [0.25, 0.3) is 0 Å². The van der Waals surface area contributed by atoms with E-state index in [1.807, 2.05) is 6.92 Å². The van der Waals surface area contributed by atoms with E-state index in [0.29, 0.717) is 29.5 Å². The van der Waals surface area contributed by atoms with Crippen LogP contribution in [-0.2, 0) is 10.0 Å². The van der Waals surface area contributed by atoms with Crippen molar-refractivity contribution in [3.63, 3.8) is 0 Å². The lowest BCUT2D eigenvalue weighted by molar-refractivity contribution is 0.0910. The smallest absolute Gasteiger partial charge is 0.261 e. The van der Waals surface area contributed by atoms with Crippen molar-refractivity contribution in [2.24, 2.45) is 5.92 Å². The standard InChI is InChI=1S/C22H28N2O4S/c1-3-28-19-11-13-20(14-12-19)29(26,27)24-18-9-6-8-17(15-18)22(25)23-21-10-5-4-7-16(21)2/h6,8-9,11-16,21,24H,3-5,7,10H2,1-2H3,(H,23,25)/t16-,21-/m1/s1. The Kier molecular flexibility index (Phi) is 6.79. The highest BCUT2D eigenvalue weighted by Crippen LogP contribution is 2.24. The fraction of sp³-hybridized carbons (Fsp3) is 0.409. The Morgan fingerprint density at radius 1 is 1.10 bits per heavy atom. The predicted molar refractivity (Wildman–Crippen MR) is 114 cm³/mol.